The number of aromatic nitrogens is 5. The molecule has 18 heteroatoms. The number of imide groups is 1. The number of nitrogens with one attached hydrogen (secondary N) is 3. The zero-order valence-electron chi connectivity index (χ0n) is 40.0. The van der Waals surface area contributed by atoms with Gasteiger partial charge in [-0.2, -0.15) is 5.10 Å². The summed E-state index contributed by atoms with van der Waals surface area (Å²) in [4.78, 5) is 62.1. The summed E-state index contributed by atoms with van der Waals surface area (Å²) in [6.45, 7) is 9.27. The van der Waals surface area contributed by atoms with E-state index >= 15 is 13.2 Å². The maximum atomic E-state index is 16.2. The van der Waals surface area contributed by atoms with Gasteiger partial charge in [-0.25, -0.2) is 18.2 Å². The predicted molar refractivity (Wildman–Crippen MR) is 263 cm³/mol. The van der Waals surface area contributed by atoms with Crippen molar-refractivity contribution < 1.29 is 27.6 Å². The summed E-state index contributed by atoms with van der Waals surface area (Å²) in [7, 11) is 1.94. The zero-order valence-corrected chi connectivity index (χ0v) is 40.0. The normalized spacial score (nSPS) is 19.3. The van der Waals surface area contributed by atoms with Crippen molar-refractivity contribution in [1.29, 1.82) is 0 Å². The molecule has 0 radical (unpaired) electrons. The molecular weight excluding hydrogens is 912 g/mol. The number of anilines is 2. The van der Waals surface area contributed by atoms with Crippen molar-refractivity contribution in [2.24, 2.45) is 7.05 Å². The van der Waals surface area contributed by atoms with Crippen molar-refractivity contribution in [2.75, 3.05) is 49.9 Å². The van der Waals surface area contributed by atoms with Crippen molar-refractivity contribution in [3.63, 3.8) is 0 Å². The van der Waals surface area contributed by atoms with Crippen molar-refractivity contribution in [3.8, 4) is 5.69 Å². The number of hydrogen-bond acceptors (Lipinski definition) is 10. The van der Waals surface area contributed by atoms with Crippen molar-refractivity contribution >= 4 is 45.7 Å². The van der Waals surface area contributed by atoms with E-state index in [1.165, 1.54) is 22.9 Å². The van der Waals surface area contributed by atoms with Gasteiger partial charge in [0.05, 0.1) is 42.0 Å². The molecule has 2 saturated heterocycles. The first-order chi connectivity index (χ1) is 34.3. The molecule has 0 saturated carbocycles. The first-order valence-corrected chi connectivity index (χ1v) is 24.6. The third-order valence-electron chi connectivity index (χ3n) is 15.3. The SMILES string of the molecule is Cc1cc(C(=O)N2CCn3nc(CN4CCC(c5ccc(NC6CCC(=O)NC6=O)cc5F)CC4)cc3C2)cc(F)c1C1=CCN([C@@H](C)c2cc3c(-n4cc(F)c5c(c4=O)CCN5)ccnc3n2C)CC1. The molecule has 368 valence electrons. The van der Waals surface area contributed by atoms with E-state index in [1.54, 1.807) is 35.4 Å². The van der Waals surface area contributed by atoms with E-state index in [9.17, 15) is 19.2 Å². The molecule has 0 aliphatic carbocycles. The number of carbonyl (C=O) groups excluding carboxylic acids is 3. The smallest absolute Gasteiger partial charge is 0.260 e. The summed E-state index contributed by atoms with van der Waals surface area (Å²) in [5.41, 5.74) is 8.17. The van der Waals surface area contributed by atoms with Crippen LogP contribution in [0.1, 0.15) is 101 Å². The summed E-state index contributed by atoms with van der Waals surface area (Å²) >= 11 is 0. The molecule has 5 aliphatic rings. The minimum atomic E-state index is -0.576. The molecule has 3 N–H and O–H groups in total. The van der Waals surface area contributed by atoms with E-state index in [0.29, 0.717) is 110 Å². The highest BCUT2D eigenvalue weighted by Crippen LogP contribution is 2.36. The fourth-order valence-electron chi connectivity index (χ4n) is 11.5. The first kappa shape index (κ1) is 46.3. The number of likely N-dealkylation sites (tertiary alicyclic amines) is 1. The molecule has 4 aromatic heterocycles. The van der Waals surface area contributed by atoms with E-state index < -0.39 is 23.6 Å². The number of benzene rings is 2. The quantitative estimate of drug-likeness (QED) is 0.126. The minimum absolute atomic E-state index is 0.0546. The number of pyridine rings is 2. The summed E-state index contributed by atoms with van der Waals surface area (Å²) in [5, 5.41) is 14.0. The van der Waals surface area contributed by atoms with Gasteiger partial charge >= 0.3 is 0 Å². The van der Waals surface area contributed by atoms with Gasteiger partial charge in [-0.15, -0.1) is 0 Å². The Morgan fingerprint density at radius 1 is 0.915 bits per heavy atom. The van der Waals surface area contributed by atoms with Gasteiger partial charge in [0.2, 0.25) is 11.8 Å². The lowest BCUT2D eigenvalue weighted by Gasteiger charge is -2.32. The molecule has 9 heterocycles. The highest BCUT2D eigenvalue weighted by molar-refractivity contribution is 6.01. The second-order valence-electron chi connectivity index (χ2n) is 19.7. The molecule has 15 nitrogen and oxygen atoms in total. The second kappa shape index (κ2) is 18.6. The largest absolute Gasteiger partial charge is 0.382 e. The third kappa shape index (κ3) is 8.70. The van der Waals surface area contributed by atoms with Gasteiger partial charge in [-0.05, 0) is 124 Å². The Kier molecular flexibility index (Phi) is 12.1. The molecule has 6 aromatic rings. The monoisotopic (exact) mass is 967 g/mol. The van der Waals surface area contributed by atoms with Crippen LogP contribution in [0.3, 0.4) is 0 Å². The first-order valence-electron chi connectivity index (χ1n) is 24.6. The Balaban J connectivity index is 0.701. The molecule has 0 spiro atoms. The Labute approximate surface area is 408 Å². The minimum Gasteiger partial charge on any atom is -0.382 e. The molecule has 1 unspecified atom stereocenters. The van der Waals surface area contributed by atoms with E-state index in [4.69, 9.17) is 5.10 Å². The van der Waals surface area contributed by atoms with Crippen molar-refractivity contribution in [3.05, 3.63) is 140 Å². The van der Waals surface area contributed by atoms with Crippen LogP contribution in [0.5, 0.6) is 0 Å². The number of halogens is 3. The number of aryl methyl sites for hydroxylation is 2. The van der Waals surface area contributed by atoms with Crippen LogP contribution in [0.2, 0.25) is 0 Å². The van der Waals surface area contributed by atoms with Crippen LogP contribution in [0.4, 0.5) is 24.5 Å². The van der Waals surface area contributed by atoms with Crippen LogP contribution in [0.25, 0.3) is 22.3 Å². The van der Waals surface area contributed by atoms with Crippen molar-refractivity contribution in [2.45, 2.75) is 90.0 Å². The molecule has 2 aromatic carbocycles. The Bertz CT molecular complexity index is 3220. The van der Waals surface area contributed by atoms with Crippen LogP contribution >= 0.6 is 0 Å². The second-order valence-corrected chi connectivity index (χ2v) is 19.7. The van der Waals surface area contributed by atoms with Crippen LogP contribution in [-0.2, 0) is 42.7 Å². The summed E-state index contributed by atoms with van der Waals surface area (Å²) in [6.07, 6.45) is 8.22. The number of piperidine rings is 2. The highest BCUT2D eigenvalue weighted by atomic mass is 19.1. The van der Waals surface area contributed by atoms with E-state index in [-0.39, 0.29) is 47.3 Å². The fraction of sp³-hybridized carbons (Fsp3) is 0.396. The van der Waals surface area contributed by atoms with Crippen LogP contribution in [-0.4, -0.2) is 102 Å². The number of rotatable bonds is 10. The molecular formula is C53H56F3N11O4. The van der Waals surface area contributed by atoms with Gasteiger partial charge in [0.15, 0.2) is 5.82 Å². The molecule has 71 heavy (non-hydrogen) atoms. The Hall–Kier alpha value is -7.05. The molecule has 5 aliphatic heterocycles. The topological polar surface area (TPSA) is 155 Å². The van der Waals surface area contributed by atoms with Gasteiger partial charge in [-0.3, -0.25) is 43.5 Å². The number of amides is 3. The standard InChI is InChI=1S/C53H56F3N11O4/c1-30-22-34(23-42(55)48(30)33-12-18-64(19-13-33)31(2)46-26-40-45(9-15-58-50(40)62(46)3)66-29-43(56)49-39(53(66)71)8-14-57-49)52(70)65-20-21-67-37(28-65)24-36(61-67)27-63-16-10-32(11-17-63)38-5-4-35(25-41(38)54)59-44-6-7-47(68)60-51(44)69/h4-5,9,12,15,22-26,29,31-32,44,57,59H,6-8,10-11,13-14,16-21,27-28H2,1-3H3,(H,60,68,69)/t31-,44?/m0/s1. The van der Waals surface area contributed by atoms with Gasteiger partial charge in [0, 0.05) is 91.9 Å². The lowest BCUT2D eigenvalue weighted by Crippen LogP contribution is -2.47. The van der Waals surface area contributed by atoms with E-state index in [2.05, 4.69) is 43.7 Å². The Morgan fingerprint density at radius 3 is 2.51 bits per heavy atom. The van der Waals surface area contributed by atoms with Gasteiger partial charge in [-0.1, -0.05) is 12.1 Å². The summed E-state index contributed by atoms with van der Waals surface area (Å²) in [6, 6.07) is 13.4. The Morgan fingerprint density at radius 2 is 1.75 bits per heavy atom. The average molecular weight is 968 g/mol. The molecule has 11 rings (SSSR count). The summed E-state index contributed by atoms with van der Waals surface area (Å²) < 4.78 is 52.0. The van der Waals surface area contributed by atoms with E-state index in [1.807, 2.05) is 35.4 Å². The number of hydrogen-bond donors (Lipinski definition) is 3. The molecule has 2 atom stereocenters. The van der Waals surface area contributed by atoms with E-state index in [0.717, 1.165) is 54.0 Å². The molecule has 2 fully saturated rings. The number of nitrogens with zero attached hydrogens (tertiary/aromatic N) is 8. The van der Waals surface area contributed by atoms with Gasteiger partial charge < -0.3 is 20.1 Å². The van der Waals surface area contributed by atoms with Gasteiger partial charge in [0.1, 0.15) is 23.3 Å². The van der Waals surface area contributed by atoms with Gasteiger partial charge in [0.25, 0.3) is 11.5 Å². The highest BCUT2D eigenvalue weighted by Gasteiger charge is 2.31. The lowest BCUT2D eigenvalue weighted by molar-refractivity contribution is -0.133. The number of fused-ring (bicyclic) bond motifs is 3. The van der Waals surface area contributed by atoms with Crippen LogP contribution in [0.15, 0.2) is 71.8 Å². The molecule has 0 bridgehead atoms. The lowest BCUT2D eigenvalue weighted by atomic mass is 9.89. The number of carbonyl (C=O) groups is 3. The van der Waals surface area contributed by atoms with Crippen LogP contribution < -0.4 is 21.5 Å². The maximum absolute atomic E-state index is 16.2. The maximum Gasteiger partial charge on any atom is 0.260 e. The zero-order chi connectivity index (χ0) is 49.2. The predicted octanol–water partition coefficient (Wildman–Crippen LogP) is 6.72. The average Bonchev–Trinajstić information content (AvgIpc) is 4.11. The van der Waals surface area contributed by atoms with Crippen LogP contribution in [0, 0.1) is 24.4 Å². The summed E-state index contributed by atoms with van der Waals surface area (Å²) in [5.74, 6) is -2.05. The molecule has 3 amide bonds. The van der Waals surface area contributed by atoms with Crippen molar-refractivity contribution in [1.82, 2.24) is 43.9 Å². The third-order valence-corrected chi connectivity index (χ3v) is 15.3. The fourth-order valence-corrected chi connectivity index (χ4v) is 11.5.